The summed E-state index contributed by atoms with van der Waals surface area (Å²) >= 11 is 0. The molecule has 2 aliphatic heterocycles. The van der Waals surface area contributed by atoms with Crippen molar-refractivity contribution in [2.45, 2.75) is 45.3 Å². The molecule has 1 N–H and O–H groups in total. The minimum Gasteiger partial charge on any atom is -0.494 e. The van der Waals surface area contributed by atoms with Gasteiger partial charge in [-0.2, -0.15) is 0 Å². The second-order valence-electron chi connectivity index (χ2n) is 6.47. The standard InChI is InChI=1S/C18H28N2O2/c1-15(21)20-12-8-16-14-17(6-7-18(16)20)22-13-5-11-19-9-3-2-4-10-19/h6-7,14-15,21H,2-5,8-13H2,1H3. The van der Waals surface area contributed by atoms with Crippen molar-refractivity contribution < 1.29 is 9.84 Å². The molecule has 4 nitrogen and oxygen atoms in total. The number of aliphatic hydroxyl groups is 1. The number of fused-ring (bicyclic) bond motifs is 1. The Bertz CT molecular complexity index is 484. The Labute approximate surface area is 133 Å². The Balaban J connectivity index is 1.45. The molecule has 4 heteroatoms. The van der Waals surface area contributed by atoms with Crippen molar-refractivity contribution in [3.63, 3.8) is 0 Å². The van der Waals surface area contributed by atoms with E-state index in [2.05, 4.69) is 17.0 Å². The van der Waals surface area contributed by atoms with Gasteiger partial charge in [0, 0.05) is 18.8 Å². The zero-order valence-corrected chi connectivity index (χ0v) is 13.6. The van der Waals surface area contributed by atoms with E-state index in [4.69, 9.17) is 4.74 Å². The summed E-state index contributed by atoms with van der Waals surface area (Å²) < 4.78 is 5.91. The van der Waals surface area contributed by atoms with E-state index in [0.717, 1.165) is 44.0 Å². The molecule has 22 heavy (non-hydrogen) atoms. The molecule has 1 fully saturated rings. The highest BCUT2D eigenvalue weighted by Gasteiger charge is 2.22. The quantitative estimate of drug-likeness (QED) is 0.820. The van der Waals surface area contributed by atoms with Gasteiger partial charge in [0.25, 0.3) is 0 Å². The van der Waals surface area contributed by atoms with Crippen LogP contribution in [0.2, 0.25) is 0 Å². The molecule has 1 atom stereocenters. The van der Waals surface area contributed by atoms with Gasteiger partial charge < -0.3 is 19.6 Å². The van der Waals surface area contributed by atoms with Gasteiger partial charge in [-0.1, -0.05) is 6.42 Å². The van der Waals surface area contributed by atoms with Gasteiger partial charge in [-0.3, -0.25) is 0 Å². The Hall–Kier alpha value is -1.26. The van der Waals surface area contributed by atoms with Gasteiger partial charge >= 0.3 is 0 Å². The Morgan fingerprint density at radius 2 is 2.00 bits per heavy atom. The zero-order valence-electron chi connectivity index (χ0n) is 13.6. The van der Waals surface area contributed by atoms with Crippen LogP contribution < -0.4 is 9.64 Å². The smallest absolute Gasteiger partial charge is 0.124 e. The molecule has 0 spiro atoms. The first kappa shape index (κ1) is 15.6. The molecule has 2 aliphatic rings. The summed E-state index contributed by atoms with van der Waals surface area (Å²) in [5.74, 6) is 0.963. The van der Waals surface area contributed by atoms with E-state index in [0.29, 0.717) is 0 Å². The number of ether oxygens (including phenoxy) is 1. The van der Waals surface area contributed by atoms with Crippen molar-refractivity contribution in [2.75, 3.05) is 37.7 Å². The monoisotopic (exact) mass is 304 g/mol. The summed E-state index contributed by atoms with van der Waals surface area (Å²) in [4.78, 5) is 4.59. The maximum absolute atomic E-state index is 9.76. The molecule has 0 aromatic heterocycles. The molecule has 122 valence electrons. The molecule has 1 aromatic rings. The SMILES string of the molecule is CC(O)N1CCc2cc(OCCCN3CCCCC3)ccc21. The molecule has 3 rings (SSSR count). The summed E-state index contributed by atoms with van der Waals surface area (Å²) in [6.07, 6.45) is 5.77. The molecular formula is C18H28N2O2. The number of nitrogens with zero attached hydrogens (tertiary/aromatic N) is 2. The van der Waals surface area contributed by atoms with Crippen LogP contribution in [0, 0.1) is 0 Å². The van der Waals surface area contributed by atoms with Gasteiger partial charge in [-0.05, 0) is 69.5 Å². The fraction of sp³-hybridized carbons (Fsp3) is 0.667. The molecule has 0 amide bonds. The normalized spacial score (nSPS) is 20.0. The lowest BCUT2D eigenvalue weighted by molar-refractivity contribution is 0.191. The summed E-state index contributed by atoms with van der Waals surface area (Å²) in [7, 11) is 0. The van der Waals surface area contributed by atoms with Gasteiger partial charge in [-0.25, -0.2) is 0 Å². The first-order valence-corrected chi connectivity index (χ1v) is 8.67. The lowest BCUT2D eigenvalue weighted by Crippen LogP contribution is -2.31. The van der Waals surface area contributed by atoms with E-state index in [1.807, 2.05) is 17.9 Å². The topological polar surface area (TPSA) is 35.9 Å². The van der Waals surface area contributed by atoms with Crippen LogP contribution >= 0.6 is 0 Å². The van der Waals surface area contributed by atoms with E-state index in [-0.39, 0.29) is 0 Å². The van der Waals surface area contributed by atoms with Crippen LogP contribution in [-0.2, 0) is 6.42 Å². The van der Waals surface area contributed by atoms with Gasteiger partial charge in [-0.15, -0.1) is 0 Å². The molecule has 0 saturated carbocycles. The molecule has 0 radical (unpaired) electrons. The van der Waals surface area contributed by atoms with Gasteiger partial charge in [0.15, 0.2) is 0 Å². The molecule has 1 aromatic carbocycles. The molecule has 1 unspecified atom stereocenters. The fourth-order valence-corrected chi connectivity index (χ4v) is 3.54. The van der Waals surface area contributed by atoms with Gasteiger partial charge in [0.05, 0.1) is 6.61 Å². The van der Waals surface area contributed by atoms with Crippen LogP contribution in [0.15, 0.2) is 18.2 Å². The van der Waals surface area contributed by atoms with E-state index >= 15 is 0 Å². The van der Waals surface area contributed by atoms with Gasteiger partial charge in [0.2, 0.25) is 0 Å². The highest BCUT2D eigenvalue weighted by Crippen LogP contribution is 2.32. The van der Waals surface area contributed by atoms with Crippen molar-refractivity contribution in [3.05, 3.63) is 23.8 Å². The predicted octanol–water partition coefficient (Wildman–Crippen LogP) is 2.64. The average molecular weight is 304 g/mol. The summed E-state index contributed by atoms with van der Waals surface area (Å²) in [6.45, 7) is 7.17. The molecule has 1 saturated heterocycles. The Morgan fingerprint density at radius 1 is 1.18 bits per heavy atom. The minimum atomic E-state index is -0.419. The van der Waals surface area contributed by atoms with E-state index in [9.17, 15) is 5.11 Å². The van der Waals surface area contributed by atoms with Crippen molar-refractivity contribution in [3.8, 4) is 5.75 Å². The number of benzene rings is 1. The minimum absolute atomic E-state index is 0.419. The van der Waals surface area contributed by atoms with Crippen molar-refractivity contribution >= 4 is 5.69 Å². The second kappa shape index (κ2) is 7.34. The third-order valence-electron chi connectivity index (χ3n) is 4.77. The zero-order chi connectivity index (χ0) is 15.4. The van der Waals surface area contributed by atoms with Crippen LogP contribution in [0.1, 0.15) is 38.2 Å². The second-order valence-corrected chi connectivity index (χ2v) is 6.47. The average Bonchev–Trinajstić information content (AvgIpc) is 2.96. The van der Waals surface area contributed by atoms with Crippen LogP contribution in [0.3, 0.4) is 0 Å². The lowest BCUT2D eigenvalue weighted by Gasteiger charge is -2.26. The Morgan fingerprint density at radius 3 is 2.77 bits per heavy atom. The van der Waals surface area contributed by atoms with E-state index in [1.165, 1.54) is 37.9 Å². The first-order chi connectivity index (χ1) is 10.7. The molecule has 0 aliphatic carbocycles. The maximum atomic E-state index is 9.76. The van der Waals surface area contributed by atoms with Crippen molar-refractivity contribution in [1.29, 1.82) is 0 Å². The fourth-order valence-electron chi connectivity index (χ4n) is 3.54. The number of aliphatic hydroxyl groups excluding tert-OH is 1. The third kappa shape index (κ3) is 3.73. The van der Waals surface area contributed by atoms with E-state index < -0.39 is 6.23 Å². The third-order valence-corrected chi connectivity index (χ3v) is 4.77. The highest BCUT2D eigenvalue weighted by atomic mass is 16.5. The summed E-state index contributed by atoms with van der Waals surface area (Å²) in [5.41, 5.74) is 2.44. The number of hydrogen-bond donors (Lipinski definition) is 1. The van der Waals surface area contributed by atoms with Crippen LogP contribution in [0.5, 0.6) is 5.75 Å². The summed E-state index contributed by atoms with van der Waals surface area (Å²) in [6, 6.07) is 6.24. The number of piperidine rings is 1. The van der Waals surface area contributed by atoms with Crippen LogP contribution in [0.4, 0.5) is 5.69 Å². The predicted molar refractivity (Wildman–Crippen MR) is 89.6 cm³/mol. The maximum Gasteiger partial charge on any atom is 0.124 e. The lowest BCUT2D eigenvalue weighted by atomic mass is 10.1. The molecular weight excluding hydrogens is 276 g/mol. The number of rotatable bonds is 6. The van der Waals surface area contributed by atoms with Crippen molar-refractivity contribution in [1.82, 2.24) is 4.90 Å². The van der Waals surface area contributed by atoms with Crippen LogP contribution in [-0.4, -0.2) is 49.0 Å². The Kier molecular flexibility index (Phi) is 5.21. The summed E-state index contributed by atoms with van der Waals surface area (Å²) in [5, 5.41) is 9.76. The van der Waals surface area contributed by atoms with Crippen molar-refractivity contribution in [2.24, 2.45) is 0 Å². The largest absolute Gasteiger partial charge is 0.494 e. The first-order valence-electron chi connectivity index (χ1n) is 8.67. The van der Waals surface area contributed by atoms with E-state index in [1.54, 1.807) is 0 Å². The number of anilines is 1. The van der Waals surface area contributed by atoms with Crippen LogP contribution in [0.25, 0.3) is 0 Å². The molecule has 0 bridgehead atoms. The van der Waals surface area contributed by atoms with Gasteiger partial charge in [0.1, 0.15) is 12.0 Å². The number of hydrogen-bond acceptors (Lipinski definition) is 4. The number of likely N-dealkylation sites (tertiary alicyclic amines) is 1. The molecule has 2 heterocycles. The highest BCUT2D eigenvalue weighted by molar-refractivity contribution is 5.60.